The van der Waals surface area contributed by atoms with Crippen LogP contribution in [0, 0.1) is 17.0 Å². The van der Waals surface area contributed by atoms with Crippen LogP contribution in [0.25, 0.3) is 0 Å². The van der Waals surface area contributed by atoms with Crippen molar-refractivity contribution in [1.82, 2.24) is 5.16 Å². The molecule has 3 aromatic rings. The standard InChI is InChI=1S/C19H13N3O6S/c1-10-8-14(20-28-10)21-16(11-4-2-5-12(9-11)22(26)27)15(18(24)19(21)25)17(23)13-6-3-7-29-13/h2-9,16,24H,1H3/t16-/m1/s1. The van der Waals surface area contributed by atoms with Gasteiger partial charge in [-0.25, -0.2) is 0 Å². The van der Waals surface area contributed by atoms with Crippen molar-refractivity contribution in [3.8, 4) is 0 Å². The fourth-order valence-electron chi connectivity index (χ4n) is 3.20. The average Bonchev–Trinajstić information content (AvgIpc) is 3.43. The molecular weight excluding hydrogens is 398 g/mol. The van der Waals surface area contributed by atoms with Crippen LogP contribution in [0.2, 0.25) is 0 Å². The number of rotatable bonds is 5. The Balaban J connectivity index is 1.90. The molecule has 146 valence electrons. The smallest absolute Gasteiger partial charge is 0.295 e. The monoisotopic (exact) mass is 411 g/mol. The predicted molar refractivity (Wildman–Crippen MR) is 103 cm³/mol. The number of aromatic nitrogens is 1. The molecule has 0 fully saturated rings. The van der Waals surface area contributed by atoms with Gasteiger partial charge in [0.2, 0.25) is 5.78 Å². The second kappa shape index (κ2) is 6.99. The minimum atomic E-state index is -1.10. The van der Waals surface area contributed by atoms with Crippen LogP contribution in [0.4, 0.5) is 11.5 Å². The van der Waals surface area contributed by atoms with Gasteiger partial charge in [-0.05, 0) is 23.9 Å². The summed E-state index contributed by atoms with van der Waals surface area (Å²) < 4.78 is 5.04. The molecule has 1 aliphatic rings. The van der Waals surface area contributed by atoms with E-state index in [-0.39, 0.29) is 22.6 Å². The summed E-state index contributed by atoms with van der Waals surface area (Å²) in [4.78, 5) is 38.0. The minimum absolute atomic E-state index is 0.0875. The molecule has 0 unspecified atom stereocenters. The van der Waals surface area contributed by atoms with Crippen LogP contribution in [-0.2, 0) is 4.79 Å². The highest BCUT2D eigenvalue weighted by atomic mass is 32.1. The molecule has 1 aliphatic heterocycles. The molecule has 1 aromatic carbocycles. The summed E-state index contributed by atoms with van der Waals surface area (Å²) in [5.41, 5.74) is -0.0868. The number of hydrogen-bond donors (Lipinski definition) is 1. The lowest BCUT2D eigenvalue weighted by molar-refractivity contribution is -0.384. The molecule has 4 rings (SSSR count). The molecule has 2 aromatic heterocycles. The molecule has 1 amide bonds. The summed E-state index contributed by atoms with van der Waals surface area (Å²) in [6, 6.07) is 9.19. The van der Waals surface area contributed by atoms with E-state index in [2.05, 4.69) is 5.16 Å². The Morgan fingerprint density at radius 1 is 1.31 bits per heavy atom. The SMILES string of the molecule is Cc1cc(N2C(=O)C(O)=C(C(=O)c3cccs3)[C@H]2c2cccc([N+](=O)[O-])c2)no1. The maximum atomic E-state index is 13.1. The van der Waals surface area contributed by atoms with Gasteiger partial charge in [0, 0.05) is 18.2 Å². The van der Waals surface area contributed by atoms with E-state index < -0.39 is 28.4 Å². The molecule has 0 saturated heterocycles. The van der Waals surface area contributed by atoms with Gasteiger partial charge in [-0.1, -0.05) is 23.4 Å². The number of Topliss-reactive ketones (excluding diaryl/α,β-unsaturated/α-hetero) is 1. The number of benzene rings is 1. The molecule has 0 radical (unpaired) electrons. The molecule has 0 bridgehead atoms. The molecule has 1 N–H and O–H groups in total. The number of nitro groups is 1. The van der Waals surface area contributed by atoms with Crippen molar-refractivity contribution in [2.45, 2.75) is 13.0 Å². The molecule has 10 heteroatoms. The molecule has 0 spiro atoms. The van der Waals surface area contributed by atoms with Crippen molar-refractivity contribution in [2.24, 2.45) is 0 Å². The highest BCUT2D eigenvalue weighted by molar-refractivity contribution is 7.12. The number of aryl methyl sites for hydroxylation is 1. The van der Waals surface area contributed by atoms with Crippen molar-refractivity contribution in [2.75, 3.05) is 4.90 Å². The predicted octanol–water partition coefficient (Wildman–Crippen LogP) is 3.74. The lowest BCUT2D eigenvalue weighted by atomic mass is 9.95. The van der Waals surface area contributed by atoms with Gasteiger partial charge >= 0.3 is 0 Å². The van der Waals surface area contributed by atoms with Crippen LogP contribution in [0.3, 0.4) is 0 Å². The Morgan fingerprint density at radius 3 is 2.72 bits per heavy atom. The maximum Gasteiger partial charge on any atom is 0.295 e. The normalized spacial score (nSPS) is 16.5. The number of ketones is 1. The quantitative estimate of drug-likeness (QED) is 0.385. The van der Waals surface area contributed by atoms with E-state index in [1.54, 1.807) is 30.5 Å². The topological polar surface area (TPSA) is 127 Å². The second-order valence-electron chi connectivity index (χ2n) is 6.29. The number of aliphatic hydroxyl groups excluding tert-OH is 1. The molecule has 29 heavy (non-hydrogen) atoms. The van der Waals surface area contributed by atoms with E-state index in [1.807, 2.05) is 0 Å². The third-order valence-electron chi connectivity index (χ3n) is 4.46. The number of hydrogen-bond acceptors (Lipinski definition) is 8. The number of carbonyl (C=O) groups excluding carboxylic acids is 2. The average molecular weight is 411 g/mol. The lowest BCUT2D eigenvalue weighted by Gasteiger charge is -2.24. The second-order valence-corrected chi connectivity index (χ2v) is 7.24. The zero-order valence-electron chi connectivity index (χ0n) is 14.9. The molecule has 1 atom stereocenters. The van der Waals surface area contributed by atoms with E-state index in [1.165, 1.54) is 24.3 Å². The number of non-ortho nitro benzene ring substituents is 1. The Bertz CT molecular complexity index is 1160. The summed E-state index contributed by atoms with van der Waals surface area (Å²) in [5.74, 6) is -1.59. The van der Waals surface area contributed by atoms with Gasteiger partial charge in [0.15, 0.2) is 11.6 Å². The number of carbonyl (C=O) groups is 2. The van der Waals surface area contributed by atoms with Gasteiger partial charge in [-0.3, -0.25) is 24.6 Å². The summed E-state index contributed by atoms with van der Waals surface area (Å²) in [7, 11) is 0. The number of amides is 1. The van der Waals surface area contributed by atoms with Gasteiger partial charge in [0.05, 0.1) is 21.4 Å². The zero-order valence-corrected chi connectivity index (χ0v) is 15.8. The lowest BCUT2D eigenvalue weighted by Crippen LogP contribution is -2.31. The van der Waals surface area contributed by atoms with Gasteiger partial charge in [0.1, 0.15) is 5.76 Å². The van der Waals surface area contributed by atoms with Gasteiger partial charge < -0.3 is 9.63 Å². The molecular formula is C19H13N3O6S. The van der Waals surface area contributed by atoms with E-state index >= 15 is 0 Å². The van der Waals surface area contributed by atoms with Crippen LogP contribution in [0.15, 0.2) is 63.7 Å². The summed E-state index contributed by atoms with van der Waals surface area (Å²) in [6.45, 7) is 1.63. The number of anilines is 1. The van der Waals surface area contributed by atoms with Crippen LogP contribution in [0.1, 0.15) is 27.0 Å². The highest BCUT2D eigenvalue weighted by Crippen LogP contribution is 2.42. The summed E-state index contributed by atoms with van der Waals surface area (Å²) in [5, 5.41) is 27.3. The summed E-state index contributed by atoms with van der Waals surface area (Å²) >= 11 is 1.16. The first kappa shape index (κ1) is 18.6. The zero-order chi connectivity index (χ0) is 20.7. The van der Waals surface area contributed by atoms with Crippen molar-refractivity contribution in [1.29, 1.82) is 0 Å². The Labute approximate surface area is 167 Å². The Kier molecular flexibility index (Phi) is 4.47. The molecule has 0 saturated carbocycles. The first-order chi connectivity index (χ1) is 13.9. The van der Waals surface area contributed by atoms with Crippen molar-refractivity contribution < 1.29 is 24.1 Å². The van der Waals surface area contributed by atoms with Gasteiger partial charge in [0.25, 0.3) is 11.6 Å². The first-order valence-corrected chi connectivity index (χ1v) is 9.29. The number of aliphatic hydroxyl groups is 1. The fourth-order valence-corrected chi connectivity index (χ4v) is 3.88. The third-order valence-corrected chi connectivity index (χ3v) is 5.33. The highest BCUT2D eigenvalue weighted by Gasteiger charge is 2.46. The van der Waals surface area contributed by atoms with Crippen molar-refractivity contribution >= 4 is 34.5 Å². The van der Waals surface area contributed by atoms with Crippen LogP contribution >= 0.6 is 11.3 Å². The van der Waals surface area contributed by atoms with Crippen molar-refractivity contribution in [3.05, 3.63) is 85.5 Å². The van der Waals surface area contributed by atoms with Crippen LogP contribution < -0.4 is 4.90 Å². The fraction of sp³-hybridized carbons (Fsp3) is 0.105. The minimum Gasteiger partial charge on any atom is -0.503 e. The van der Waals surface area contributed by atoms with Gasteiger partial charge in [-0.15, -0.1) is 11.3 Å². The van der Waals surface area contributed by atoms with Crippen molar-refractivity contribution in [3.63, 3.8) is 0 Å². The van der Waals surface area contributed by atoms with E-state index in [0.717, 1.165) is 16.2 Å². The van der Waals surface area contributed by atoms with Crippen LogP contribution in [-0.4, -0.2) is 26.9 Å². The Morgan fingerprint density at radius 2 is 2.10 bits per heavy atom. The third kappa shape index (κ3) is 3.09. The van der Waals surface area contributed by atoms with E-state index in [9.17, 15) is 24.8 Å². The summed E-state index contributed by atoms with van der Waals surface area (Å²) in [6.07, 6.45) is 0. The number of thiophene rings is 1. The molecule has 9 nitrogen and oxygen atoms in total. The van der Waals surface area contributed by atoms with E-state index in [4.69, 9.17) is 4.52 Å². The maximum absolute atomic E-state index is 13.1. The Hall–Kier alpha value is -3.79. The number of nitrogens with zero attached hydrogens (tertiary/aromatic N) is 3. The largest absolute Gasteiger partial charge is 0.503 e. The van der Waals surface area contributed by atoms with Crippen LogP contribution in [0.5, 0.6) is 0 Å². The molecule has 3 heterocycles. The first-order valence-electron chi connectivity index (χ1n) is 8.41. The number of nitro benzene ring substituents is 1. The molecule has 0 aliphatic carbocycles. The van der Waals surface area contributed by atoms with Gasteiger partial charge in [-0.2, -0.15) is 0 Å². The van der Waals surface area contributed by atoms with E-state index in [0.29, 0.717) is 10.6 Å².